The van der Waals surface area contributed by atoms with Crippen LogP contribution in [-0.4, -0.2) is 45.3 Å². The first-order valence-corrected chi connectivity index (χ1v) is 6.12. The molecule has 18 heavy (non-hydrogen) atoms. The molecule has 0 aliphatic carbocycles. The summed E-state index contributed by atoms with van der Waals surface area (Å²) < 4.78 is 1.47. The third-order valence-electron chi connectivity index (χ3n) is 3.56. The standard InChI is InChI=1S/C11H19N5O2/c1-8-6-9(4-5-14(8)2)12-11-10(16(17)18)7-15(3)13-11/h7-9H,4-6H2,1-3H3,(H,12,13). The largest absolute Gasteiger partial charge is 0.360 e. The number of aromatic nitrogens is 2. The van der Waals surface area contributed by atoms with E-state index in [4.69, 9.17) is 0 Å². The molecule has 7 nitrogen and oxygen atoms in total. The molecule has 2 rings (SSSR count). The van der Waals surface area contributed by atoms with E-state index in [1.165, 1.54) is 10.9 Å². The van der Waals surface area contributed by atoms with Crippen molar-refractivity contribution in [2.24, 2.45) is 7.05 Å². The van der Waals surface area contributed by atoms with Crippen molar-refractivity contribution in [1.82, 2.24) is 14.7 Å². The second-order valence-corrected chi connectivity index (χ2v) is 4.99. The van der Waals surface area contributed by atoms with Gasteiger partial charge in [0.15, 0.2) is 0 Å². The number of nitrogens with one attached hydrogen (secondary N) is 1. The Morgan fingerprint density at radius 3 is 2.89 bits per heavy atom. The highest BCUT2D eigenvalue weighted by Gasteiger charge is 2.26. The number of nitrogens with zero attached hydrogens (tertiary/aromatic N) is 4. The van der Waals surface area contributed by atoms with Crippen molar-refractivity contribution in [2.45, 2.75) is 31.8 Å². The summed E-state index contributed by atoms with van der Waals surface area (Å²) in [5, 5.41) is 18.2. The van der Waals surface area contributed by atoms with E-state index in [1.807, 2.05) is 0 Å². The van der Waals surface area contributed by atoms with Crippen LogP contribution in [0.3, 0.4) is 0 Å². The Morgan fingerprint density at radius 2 is 2.28 bits per heavy atom. The fourth-order valence-corrected chi connectivity index (χ4v) is 2.33. The Kier molecular flexibility index (Phi) is 3.51. The molecular formula is C11H19N5O2. The number of aryl methyl sites for hydroxylation is 1. The van der Waals surface area contributed by atoms with E-state index in [0.29, 0.717) is 11.9 Å². The van der Waals surface area contributed by atoms with Crippen LogP contribution < -0.4 is 5.32 Å². The first-order valence-electron chi connectivity index (χ1n) is 6.12. The van der Waals surface area contributed by atoms with Crippen molar-refractivity contribution >= 4 is 11.5 Å². The van der Waals surface area contributed by atoms with E-state index in [0.717, 1.165) is 19.4 Å². The minimum Gasteiger partial charge on any atom is -0.360 e. The predicted octanol–water partition coefficient (Wildman–Crippen LogP) is 1.22. The van der Waals surface area contributed by atoms with Gasteiger partial charge >= 0.3 is 5.69 Å². The first-order chi connectivity index (χ1) is 8.47. The number of hydrogen-bond donors (Lipinski definition) is 1. The summed E-state index contributed by atoms with van der Waals surface area (Å²) in [6.45, 7) is 3.17. The van der Waals surface area contributed by atoms with Crippen LogP contribution in [0.15, 0.2) is 6.20 Å². The molecule has 7 heteroatoms. The molecule has 1 saturated heterocycles. The average molecular weight is 253 g/mol. The summed E-state index contributed by atoms with van der Waals surface area (Å²) in [7, 11) is 3.79. The summed E-state index contributed by atoms with van der Waals surface area (Å²) in [5.74, 6) is 0.379. The quantitative estimate of drug-likeness (QED) is 0.647. The number of hydrogen-bond acceptors (Lipinski definition) is 5. The topological polar surface area (TPSA) is 76.2 Å². The van der Waals surface area contributed by atoms with Gasteiger partial charge in [0.2, 0.25) is 5.82 Å². The third-order valence-corrected chi connectivity index (χ3v) is 3.56. The normalized spacial score (nSPS) is 25.1. The van der Waals surface area contributed by atoms with Crippen molar-refractivity contribution in [3.63, 3.8) is 0 Å². The van der Waals surface area contributed by atoms with Gasteiger partial charge in [-0.15, -0.1) is 5.10 Å². The van der Waals surface area contributed by atoms with Crippen molar-refractivity contribution in [2.75, 3.05) is 18.9 Å². The van der Waals surface area contributed by atoms with E-state index >= 15 is 0 Å². The lowest BCUT2D eigenvalue weighted by molar-refractivity contribution is -0.384. The molecular weight excluding hydrogens is 234 g/mol. The monoisotopic (exact) mass is 253 g/mol. The van der Waals surface area contributed by atoms with Gasteiger partial charge in [0, 0.05) is 25.7 Å². The maximum atomic E-state index is 10.9. The number of piperidine rings is 1. The zero-order valence-corrected chi connectivity index (χ0v) is 11.0. The molecule has 0 radical (unpaired) electrons. The molecule has 100 valence electrons. The molecule has 1 aliphatic rings. The lowest BCUT2D eigenvalue weighted by Gasteiger charge is -2.35. The van der Waals surface area contributed by atoms with E-state index in [9.17, 15) is 10.1 Å². The second-order valence-electron chi connectivity index (χ2n) is 4.99. The Morgan fingerprint density at radius 1 is 1.56 bits per heavy atom. The van der Waals surface area contributed by atoms with Gasteiger partial charge in [0.05, 0.1) is 4.92 Å². The fourth-order valence-electron chi connectivity index (χ4n) is 2.33. The molecule has 2 unspecified atom stereocenters. The van der Waals surface area contributed by atoms with Crippen molar-refractivity contribution in [3.8, 4) is 0 Å². The molecule has 1 aromatic heterocycles. The first kappa shape index (κ1) is 12.8. The van der Waals surface area contributed by atoms with E-state index in [-0.39, 0.29) is 11.7 Å². The molecule has 0 spiro atoms. The van der Waals surface area contributed by atoms with Gasteiger partial charge in [0.1, 0.15) is 6.20 Å². The molecule has 1 aliphatic heterocycles. The highest BCUT2D eigenvalue weighted by molar-refractivity contribution is 5.55. The molecule has 2 atom stereocenters. The Balaban J connectivity index is 2.07. The summed E-state index contributed by atoms with van der Waals surface area (Å²) in [6.07, 6.45) is 3.39. The van der Waals surface area contributed by atoms with Crippen molar-refractivity contribution < 1.29 is 4.92 Å². The Hall–Kier alpha value is -1.63. The van der Waals surface area contributed by atoms with Crippen LogP contribution in [0, 0.1) is 10.1 Å². The van der Waals surface area contributed by atoms with Crippen LogP contribution in [0.1, 0.15) is 19.8 Å². The maximum absolute atomic E-state index is 10.9. The Bertz CT molecular complexity index is 445. The summed E-state index contributed by atoms with van der Waals surface area (Å²) in [4.78, 5) is 12.8. The van der Waals surface area contributed by atoms with Crippen LogP contribution in [0.5, 0.6) is 0 Å². The zero-order valence-electron chi connectivity index (χ0n) is 11.0. The average Bonchev–Trinajstić information content (AvgIpc) is 2.65. The fraction of sp³-hybridized carbons (Fsp3) is 0.727. The minimum absolute atomic E-state index is 0.0454. The molecule has 0 aromatic carbocycles. The van der Waals surface area contributed by atoms with Crippen LogP contribution in [-0.2, 0) is 7.05 Å². The SMILES string of the molecule is CC1CC(Nc2nn(C)cc2[N+](=O)[O-])CCN1C. The van der Waals surface area contributed by atoms with Crippen LogP contribution in [0.2, 0.25) is 0 Å². The van der Waals surface area contributed by atoms with Gasteiger partial charge in [-0.1, -0.05) is 0 Å². The predicted molar refractivity (Wildman–Crippen MR) is 68.6 cm³/mol. The number of likely N-dealkylation sites (tertiary alicyclic amines) is 1. The van der Waals surface area contributed by atoms with Gasteiger partial charge in [-0.2, -0.15) is 0 Å². The van der Waals surface area contributed by atoms with Crippen molar-refractivity contribution in [1.29, 1.82) is 0 Å². The summed E-state index contributed by atoms with van der Waals surface area (Å²) >= 11 is 0. The molecule has 1 aromatic rings. The molecule has 1 fully saturated rings. The lowest BCUT2D eigenvalue weighted by atomic mass is 9.99. The van der Waals surface area contributed by atoms with E-state index in [2.05, 4.69) is 29.3 Å². The summed E-state index contributed by atoms with van der Waals surface area (Å²) in [6, 6.07) is 0.740. The van der Waals surface area contributed by atoms with Gasteiger partial charge in [-0.3, -0.25) is 14.8 Å². The number of rotatable bonds is 3. The third kappa shape index (κ3) is 2.61. The van der Waals surface area contributed by atoms with Gasteiger partial charge in [-0.25, -0.2) is 0 Å². The summed E-state index contributed by atoms with van der Waals surface area (Å²) in [5.41, 5.74) is 0.0454. The van der Waals surface area contributed by atoms with Crippen molar-refractivity contribution in [3.05, 3.63) is 16.3 Å². The highest BCUT2D eigenvalue weighted by Crippen LogP contribution is 2.25. The lowest BCUT2D eigenvalue weighted by Crippen LogP contribution is -2.42. The van der Waals surface area contributed by atoms with E-state index in [1.54, 1.807) is 7.05 Å². The number of anilines is 1. The van der Waals surface area contributed by atoms with Gasteiger partial charge < -0.3 is 10.2 Å². The Labute approximate surface area is 106 Å². The second kappa shape index (κ2) is 4.93. The van der Waals surface area contributed by atoms with Crippen LogP contribution in [0.4, 0.5) is 11.5 Å². The molecule has 0 amide bonds. The molecule has 0 bridgehead atoms. The van der Waals surface area contributed by atoms with Gasteiger partial charge in [-0.05, 0) is 26.8 Å². The zero-order chi connectivity index (χ0) is 13.3. The maximum Gasteiger partial charge on any atom is 0.330 e. The molecule has 2 heterocycles. The number of nitro groups is 1. The van der Waals surface area contributed by atoms with Crippen LogP contribution >= 0.6 is 0 Å². The molecule has 0 saturated carbocycles. The van der Waals surface area contributed by atoms with Gasteiger partial charge in [0.25, 0.3) is 0 Å². The smallest absolute Gasteiger partial charge is 0.330 e. The highest BCUT2D eigenvalue weighted by atomic mass is 16.6. The van der Waals surface area contributed by atoms with E-state index < -0.39 is 4.92 Å². The molecule has 1 N–H and O–H groups in total. The van der Waals surface area contributed by atoms with Crippen LogP contribution in [0.25, 0.3) is 0 Å². The minimum atomic E-state index is -0.395.